The molecule has 0 aliphatic carbocycles. The van der Waals surface area contributed by atoms with Gasteiger partial charge >= 0.3 is 0 Å². The molecule has 0 bridgehead atoms. The summed E-state index contributed by atoms with van der Waals surface area (Å²) in [5.74, 6) is 1.51. The molecular weight excluding hydrogens is 320 g/mol. The Balaban J connectivity index is 1.80. The number of carbonyl (C=O) groups excluding carboxylic acids is 1. The highest BCUT2D eigenvalue weighted by molar-refractivity contribution is 9.10. The second-order valence-corrected chi connectivity index (χ2v) is 6.05. The van der Waals surface area contributed by atoms with Gasteiger partial charge in [0.1, 0.15) is 5.75 Å². The third-order valence-corrected chi connectivity index (χ3v) is 4.12. The van der Waals surface area contributed by atoms with Crippen molar-refractivity contribution in [1.29, 1.82) is 0 Å². The van der Waals surface area contributed by atoms with Gasteiger partial charge in [-0.3, -0.25) is 4.79 Å². The molecule has 1 fully saturated rings. The van der Waals surface area contributed by atoms with Crippen LogP contribution in [0, 0.1) is 5.92 Å². The molecule has 110 valence electrons. The Labute approximate surface area is 128 Å². The molecule has 1 aromatic carbocycles. The average molecular weight is 341 g/mol. The van der Waals surface area contributed by atoms with Gasteiger partial charge in [-0.15, -0.1) is 0 Å². The molecule has 0 aromatic heterocycles. The first-order valence-corrected chi connectivity index (χ1v) is 7.78. The fraction of sp³-hybridized carbons (Fsp3) is 0.533. The van der Waals surface area contributed by atoms with Crippen LogP contribution in [0.4, 0.5) is 0 Å². The highest BCUT2D eigenvalue weighted by Crippen LogP contribution is 2.23. The van der Waals surface area contributed by atoms with Crippen LogP contribution in [0.1, 0.15) is 18.4 Å². The maximum atomic E-state index is 12.0. The summed E-state index contributed by atoms with van der Waals surface area (Å²) in [7, 11) is 1.62. The lowest BCUT2D eigenvalue weighted by Crippen LogP contribution is -2.28. The van der Waals surface area contributed by atoms with Gasteiger partial charge in [-0.2, -0.15) is 0 Å². The molecule has 0 saturated carbocycles. The van der Waals surface area contributed by atoms with Crippen LogP contribution < -0.4 is 15.4 Å². The lowest BCUT2D eigenvalue weighted by molar-refractivity contribution is -0.120. The number of ether oxygens (including phenoxy) is 1. The third kappa shape index (κ3) is 4.49. The highest BCUT2D eigenvalue weighted by Gasteiger charge is 2.14. The van der Waals surface area contributed by atoms with Crippen LogP contribution in [0.25, 0.3) is 0 Å². The Kier molecular flexibility index (Phi) is 5.86. The van der Waals surface area contributed by atoms with Crippen LogP contribution in [0.5, 0.6) is 5.75 Å². The van der Waals surface area contributed by atoms with Gasteiger partial charge in [0, 0.05) is 16.6 Å². The molecule has 0 radical (unpaired) electrons. The molecule has 1 aromatic rings. The van der Waals surface area contributed by atoms with Gasteiger partial charge in [0.05, 0.1) is 13.5 Å². The van der Waals surface area contributed by atoms with Crippen molar-refractivity contribution in [2.45, 2.75) is 19.3 Å². The topological polar surface area (TPSA) is 50.4 Å². The zero-order chi connectivity index (χ0) is 14.4. The molecule has 1 saturated heterocycles. The molecule has 1 unspecified atom stereocenters. The summed E-state index contributed by atoms with van der Waals surface area (Å²) in [5, 5.41) is 6.33. The summed E-state index contributed by atoms with van der Waals surface area (Å²) < 4.78 is 6.23. The van der Waals surface area contributed by atoms with E-state index in [2.05, 4.69) is 26.6 Å². The van der Waals surface area contributed by atoms with Gasteiger partial charge < -0.3 is 15.4 Å². The molecule has 1 aliphatic heterocycles. The molecule has 1 amide bonds. The number of methoxy groups -OCH3 is 1. The molecular formula is C15H21BrN2O2. The Morgan fingerprint density at radius 3 is 3.10 bits per heavy atom. The summed E-state index contributed by atoms with van der Waals surface area (Å²) in [6.45, 7) is 2.94. The number of hydrogen-bond acceptors (Lipinski definition) is 3. The van der Waals surface area contributed by atoms with Crippen LogP contribution in [0.3, 0.4) is 0 Å². The van der Waals surface area contributed by atoms with Crippen molar-refractivity contribution in [1.82, 2.24) is 10.6 Å². The van der Waals surface area contributed by atoms with Gasteiger partial charge in [-0.1, -0.05) is 15.9 Å². The standard InChI is InChI=1S/C15H21BrN2O2/c1-20-14-3-2-13(16)8-12(14)9-15(19)18-7-5-11-4-6-17-10-11/h2-3,8,11,17H,4-7,9-10H2,1H3,(H,18,19). The van der Waals surface area contributed by atoms with Crippen molar-refractivity contribution in [2.24, 2.45) is 5.92 Å². The average Bonchev–Trinajstić information content (AvgIpc) is 2.92. The van der Waals surface area contributed by atoms with E-state index in [1.807, 2.05) is 18.2 Å². The second-order valence-electron chi connectivity index (χ2n) is 5.13. The molecule has 2 N–H and O–H groups in total. The van der Waals surface area contributed by atoms with Crippen LogP contribution in [-0.4, -0.2) is 32.7 Å². The van der Waals surface area contributed by atoms with E-state index in [-0.39, 0.29) is 5.91 Å². The zero-order valence-electron chi connectivity index (χ0n) is 11.7. The summed E-state index contributed by atoms with van der Waals surface area (Å²) in [5.41, 5.74) is 0.905. The van der Waals surface area contributed by atoms with Crippen LogP contribution >= 0.6 is 15.9 Å². The zero-order valence-corrected chi connectivity index (χ0v) is 13.3. The van der Waals surface area contributed by atoms with E-state index in [9.17, 15) is 4.79 Å². The van der Waals surface area contributed by atoms with E-state index < -0.39 is 0 Å². The third-order valence-electron chi connectivity index (χ3n) is 3.63. The maximum Gasteiger partial charge on any atom is 0.224 e. The van der Waals surface area contributed by atoms with Gasteiger partial charge in [0.25, 0.3) is 0 Å². The van der Waals surface area contributed by atoms with Gasteiger partial charge in [-0.25, -0.2) is 0 Å². The lowest BCUT2D eigenvalue weighted by atomic mass is 10.1. The summed E-state index contributed by atoms with van der Waals surface area (Å²) in [6.07, 6.45) is 2.62. The minimum absolute atomic E-state index is 0.0485. The van der Waals surface area contributed by atoms with Crippen molar-refractivity contribution in [3.05, 3.63) is 28.2 Å². The predicted molar refractivity (Wildman–Crippen MR) is 83.0 cm³/mol. The SMILES string of the molecule is COc1ccc(Br)cc1CC(=O)NCCC1CCNC1. The molecule has 1 aliphatic rings. The van der Waals surface area contributed by atoms with E-state index in [0.717, 1.165) is 41.8 Å². The van der Waals surface area contributed by atoms with Crippen molar-refractivity contribution in [3.8, 4) is 5.75 Å². The molecule has 0 spiro atoms. The largest absolute Gasteiger partial charge is 0.496 e. The van der Waals surface area contributed by atoms with Gasteiger partial charge in [0.15, 0.2) is 0 Å². The Hall–Kier alpha value is -1.07. The fourth-order valence-corrected chi connectivity index (χ4v) is 2.91. The summed E-state index contributed by atoms with van der Waals surface area (Å²) in [6, 6.07) is 5.71. The Morgan fingerprint density at radius 1 is 1.55 bits per heavy atom. The number of benzene rings is 1. The molecule has 1 heterocycles. The number of rotatable bonds is 6. The van der Waals surface area contributed by atoms with E-state index in [1.165, 1.54) is 6.42 Å². The molecule has 5 heteroatoms. The van der Waals surface area contributed by atoms with Crippen molar-refractivity contribution in [3.63, 3.8) is 0 Å². The molecule has 2 rings (SSSR count). The fourth-order valence-electron chi connectivity index (χ4n) is 2.50. The number of hydrogen-bond donors (Lipinski definition) is 2. The lowest BCUT2D eigenvalue weighted by Gasteiger charge is -2.11. The van der Waals surface area contributed by atoms with Crippen LogP contribution in [0.15, 0.2) is 22.7 Å². The van der Waals surface area contributed by atoms with E-state index in [4.69, 9.17) is 4.74 Å². The maximum absolute atomic E-state index is 12.0. The minimum Gasteiger partial charge on any atom is -0.496 e. The smallest absolute Gasteiger partial charge is 0.224 e. The predicted octanol–water partition coefficient (Wildman–Crippen LogP) is 2.12. The minimum atomic E-state index is 0.0485. The normalized spacial score (nSPS) is 18.0. The molecule has 20 heavy (non-hydrogen) atoms. The van der Waals surface area contributed by atoms with Crippen molar-refractivity contribution < 1.29 is 9.53 Å². The number of halogens is 1. The van der Waals surface area contributed by atoms with Crippen LogP contribution in [0.2, 0.25) is 0 Å². The van der Waals surface area contributed by atoms with E-state index >= 15 is 0 Å². The van der Waals surface area contributed by atoms with Crippen LogP contribution in [-0.2, 0) is 11.2 Å². The number of amides is 1. The Bertz CT molecular complexity index is 459. The molecule has 4 nitrogen and oxygen atoms in total. The van der Waals surface area contributed by atoms with E-state index in [1.54, 1.807) is 7.11 Å². The first kappa shape index (κ1) is 15.3. The number of carbonyl (C=O) groups is 1. The monoisotopic (exact) mass is 340 g/mol. The Morgan fingerprint density at radius 2 is 2.40 bits per heavy atom. The van der Waals surface area contributed by atoms with E-state index in [0.29, 0.717) is 12.3 Å². The van der Waals surface area contributed by atoms with Gasteiger partial charge in [-0.05, 0) is 50.0 Å². The first-order chi connectivity index (χ1) is 9.69. The van der Waals surface area contributed by atoms with Gasteiger partial charge in [0.2, 0.25) is 5.91 Å². The van der Waals surface area contributed by atoms with Crippen molar-refractivity contribution >= 4 is 21.8 Å². The quantitative estimate of drug-likeness (QED) is 0.833. The first-order valence-electron chi connectivity index (χ1n) is 6.99. The number of nitrogens with one attached hydrogen (secondary N) is 2. The summed E-state index contributed by atoms with van der Waals surface area (Å²) >= 11 is 3.42. The van der Waals surface area contributed by atoms with Crippen molar-refractivity contribution in [2.75, 3.05) is 26.7 Å². The molecule has 1 atom stereocenters. The summed E-state index contributed by atoms with van der Waals surface area (Å²) in [4.78, 5) is 12.0. The highest BCUT2D eigenvalue weighted by atomic mass is 79.9. The second kappa shape index (κ2) is 7.64.